The van der Waals surface area contributed by atoms with E-state index >= 15 is 0 Å². The molecule has 0 aliphatic rings. The van der Waals surface area contributed by atoms with Gasteiger partial charge in [-0.15, -0.1) is 11.3 Å². The lowest BCUT2D eigenvalue weighted by Crippen LogP contribution is -2.32. The van der Waals surface area contributed by atoms with E-state index in [4.69, 9.17) is 40.5 Å². The zero-order valence-corrected chi connectivity index (χ0v) is 16.8. The van der Waals surface area contributed by atoms with Crippen LogP contribution in [0.2, 0.25) is 14.4 Å². The lowest BCUT2D eigenvalue weighted by molar-refractivity contribution is 0.0942. The second kappa shape index (κ2) is 7.98. The molecule has 0 spiro atoms. The summed E-state index contributed by atoms with van der Waals surface area (Å²) in [6.45, 7) is 0.257. The van der Waals surface area contributed by atoms with Crippen LogP contribution >= 0.6 is 46.1 Å². The lowest BCUT2D eigenvalue weighted by atomic mass is 10.1. The zero-order chi connectivity index (χ0) is 18.8. The van der Waals surface area contributed by atoms with Crippen LogP contribution in [0.5, 0.6) is 0 Å². The van der Waals surface area contributed by atoms with Crippen LogP contribution in [-0.4, -0.2) is 22.2 Å². The molecule has 1 amide bonds. The topological polar surface area (TPSA) is 72.9 Å². The van der Waals surface area contributed by atoms with Gasteiger partial charge in [-0.2, -0.15) is 5.10 Å². The van der Waals surface area contributed by atoms with Crippen molar-refractivity contribution in [3.8, 4) is 11.3 Å². The first kappa shape index (κ1) is 19.2. The van der Waals surface area contributed by atoms with Gasteiger partial charge in [-0.3, -0.25) is 9.48 Å². The first-order chi connectivity index (χ1) is 12.4. The molecular weight excluding hydrogens is 415 g/mol. The quantitative estimate of drug-likeness (QED) is 0.625. The lowest BCUT2D eigenvalue weighted by Gasteiger charge is -2.16. The molecule has 2 aromatic heterocycles. The number of aryl methyl sites for hydroxylation is 1. The molecule has 1 unspecified atom stereocenters. The Balaban J connectivity index is 1.84. The molecule has 26 heavy (non-hydrogen) atoms. The molecule has 9 heteroatoms. The number of amides is 1. The minimum atomic E-state index is -0.329. The van der Waals surface area contributed by atoms with Crippen LogP contribution in [0.4, 0.5) is 0 Å². The van der Waals surface area contributed by atoms with Crippen LogP contribution in [-0.2, 0) is 7.05 Å². The Hall–Kier alpha value is -1.57. The van der Waals surface area contributed by atoms with Gasteiger partial charge in [0.05, 0.1) is 27.8 Å². The van der Waals surface area contributed by atoms with Gasteiger partial charge in [0.15, 0.2) is 0 Å². The van der Waals surface area contributed by atoms with Crippen LogP contribution < -0.4 is 11.1 Å². The summed E-state index contributed by atoms with van der Waals surface area (Å²) in [6, 6.07) is 8.57. The average molecular weight is 430 g/mol. The van der Waals surface area contributed by atoms with E-state index in [0.29, 0.717) is 30.5 Å². The number of aromatic nitrogens is 2. The van der Waals surface area contributed by atoms with E-state index in [1.165, 1.54) is 17.5 Å². The van der Waals surface area contributed by atoms with E-state index in [2.05, 4.69) is 10.4 Å². The van der Waals surface area contributed by atoms with E-state index in [1.807, 2.05) is 12.1 Å². The molecule has 3 aromatic rings. The molecular formula is C17H15Cl3N4OS. The van der Waals surface area contributed by atoms with E-state index in [-0.39, 0.29) is 18.5 Å². The summed E-state index contributed by atoms with van der Waals surface area (Å²) in [5, 5.41) is 8.12. The molecule has 0 aliphatic heterocycles. The third-order valence-electron chi connectivity index (χ3n) is 3.87. The number of halogens is 3. The summed E-state index contributed by atoms with van der Waals surface area (Å²) in [6.07, 6.45) is 1.54. The number of rotatable bonds is 5. The normalized spacial score (nSPS) is 12.2. The van der Waals surface area contributed by atoms with Crippen LogP contribution in [0, 0.1) is 0 Å². The van der Waals surface area contributed by atoms with Crippen molar-refractivity contribution in [2.24, 2.45) is 12.8 Å². The molecule has 5 nitrogen and oxygen atoms in total. The number of nitrogens with two attached hydrogens (primary N) is 1. The number of nitrogens with one attached hydrogen (secondary N) is 1. The number of carbonyl (C=O) groups is 1. The minimum absolute atomic E-state index is 0.257. The van der Waals surface area contributed by atoms with Crippen molar-refractivity contribution in [1.82, 2.24) is 15.1 Å². The Morgan fingerprint density at radius 1 is 1.31 bits per heavy atom. The minimum Gasteiger partial charge on any atom is -0.343 e. The summed E-state index contributed by atoms with van der Waals surface area (Å²) in [5.41, 5.74) is 8.04. The Morgan fingerprint density at radius 3 is 2.58 bits per heavy atom. The maximum atomic E-state index is 12.7. The first-order valence-corrected chi connectivity index (χ1v) is 9.59. The number of carbonyl (C=O) groups excluding carboxylic acids is 1. The van der Waals surface area contributed by atoms with Crippen LogP contribution in [0.15, 0.2) is 36.5 Å². The molecule has 3 N–H and O–H groups in total. The Labute approximate surface area is 169 Å². The number of hydrogen-bond acceptors (Lipinski definition) is 4. The van der Waals surface area contributed by atoms with E-state index in [9.17, 15) is 4.79 Å². The summed E-state index contributed by atoms with van der Waals surface area (Å²) in [4.78, 5) is 13.1. The average Bonchev–Trinajstić information content (AvgIpc) is 3.15. The Kier molecular flexibility index (Phi) is 5.89. The fourth-order valence-corrected chi connectivity index (χ4v) is 4.13. The molecule has 1 atom stereocenters. The zero-order valence-electron chi connectivity index (χ0n) is 13.7. The molecule has 136 valence electrons. The van der Waals surface area contributed by atoms with Gasteiger partial charge < -0.3 is 11.1 Å². The van der Waals surface area contributed by atoms with Gasteiger partial charge >= 0.3 is 0 Å². The highest BCUT2D eigenvalue weighted by Gasteiger charge is 2.21. The molecule has 2 heterocycles. The van der Waals surface area contributed by atoms with Crippen molar-refractivity contribution < 1.29 is 4.79 Å². The second-order valence-corrected chi connectivity index (χ2v) is 8.07. The predicted molar refractivity (Wildman–Crippen MR) is 107 cm³/mol. The van der Waals surface area contributed by atoms with Crippen molar-refractivity contribution in [3.05, 3.63) is 61.4 Å². The van der Waals surface area contributed by atoms with Crippen LogP contribution in [0.1, 0.15) is 21.3 Å². The fourth-order valence-electron chi connectivity index (χ4n) is 2.56. The molecule has 0 saturated carbocycles. The largest absolute Gasteiger partial charge is 0.343 e. The Morgan fingerprint density at radius 2 is 2.00 bits per heavy atom. The van der Waals surface area contributed by atoms with Crippen molar-refractivity contribution in [2.75, 3.05) is 6.54 Å². The maximum absolute atomic E-state index is 12.7. The standard InChI is InChI=1S/C17H15Cl3N4OS/c1-24-15(12(19)8-22-24)11-6-14(26-16(11)20)17(25)23-13(7-21)9-2-4-10(18)5-3-9/h2-6,8,13H,7,21H2,1H3,(H,23,25). The van der Waals surface area contributed by atoms with E-state index in [0.717, 1.165) is 5.56 Å². The highest BCUT2D eigenvalue weighted by Crippen LogP contribution is 2.38. The molecule has 0 fully saturated rings. The smallest absolute Gasteiger partial charge is 0.261 e. The first-order valence-electron chi connectivity index (χ1n) is 7.64. The molecule has 0 aliphatic carbocycles. The van der Waals surface area contributed by atoms with Crippen molar-refractivity contribution in [1.29, 1.82) is 0 Å². The predicted octanol–water partition coefficient (Wildman–Crippen LogP) is 4.54. The van der Waals surface area contributed by atoms with Gasteiger partial charge in [-0.1, -0.05) is 46.9 Å². The second-order valence-electron chi connectivity index (χ2n) is 5.58. The SMILES string of the molecule is Cn1ncc(Cl)c1-c1cc(C(=O)NC(CN)c2ccc(Cl)cc2)sc1Cl. The number of benzene rings is 1. The summed E-state index contributed by atoms with van der Waals surface area (Å²) in [5.74, 6) is -0.258. The Bertz CT molecular complexity index is 917. The monoisotopic (exact) mass is 428 g/mol. The number of hydrogen-bond donors (Lipinski definition) is 2. The number of nitrogens with zero attached hydrogens (tertiary/aromatic N) is 2. The van der Waals surface area contributed by atoms with Gasteiger partial charge in [0.25, 0.3) is 5.91 Å². The van der Waals surface area contributed by atoms with Gasteiger partial charge in [-0.25, -0.2) is 0 Å². The third kappa shape index (κ3) is 3.89. The van der Waals surface area contributed by atoms with Crippen molar-refractivity contribution in [3.63, 3.8) is 0 Å². The van der Waals surface area contributed by atoms with E-state index < -0.39 is 0 Å². The third-order valence-corrected chi connectivity index (χ3v) is 5.76. The van der Waals surface area contributed by atoms with Gasteiger partial charge in [0.1, 0.15) is 4.34 Å². The van der Waals surface area contributed by atoms with Crippen LogP contribution in [0.3, 0.4) is 0 Å². The molecule has 0 radical (unpaired) electrons. The van der Waals surface area contributed by atoms with Gasteiger partial charge in [0.2, 0.25) is 0 Å². The van der Waals surface area contributed by atoms with E-state index in [1.54, 1.807) is 29.9 Å². The molecule has 1 aromatic carbocycles. The molecule has 3 rings (SSSR count). The summed E-state index contributed by atoms with van der Waals surface area (Å²) < 4.78 is 2.09. The van der Waals surface area contributed by atoms with Crippen LogP contribution in [0.25, 0.3) is 11.3 Å². The highest BCUT2D eigenvalue weighted by atomic mass is 35.5. The summed E-state index contributed by atoms with van der Waals surface area (Å²) in [7, 11) is 1.76. The molecule has 0 saturated heterocycles. The van der Waals surface area contributed by atoms with Gasteiger partial charge in [-0.05, 0) is 23.8 Å². The van der Waals surface area contributed by atoms with Crippen molar-refractivity contribution in [2.45, 2.75) is 6.04 Å². The fraction of sp³-hybridized carbons (Fsp3) is 0.176. The number of thiophene rings is 1. The summed E-state index contributed by atoms with van der Waals surface area (Å²) >= 11 is 19.6. The maximum Gasteiger partial charge on any atom is 0.261 e. The molecule has 0 bridgehead atoms. The van der Waals surface area contributed by atoms with Crippen molar-refractivity contribution >= 4 is 52.0 Å². The highest BCUT2D eigenvalue weighted by molar-refractivity contribution is 7.18. The van der Waals surface area contributed by atoms with Gasteiger partial charge in [0, 0.05) is 24.2 Å².